The quantitative estimate of drug-likeness (QED) is 0.460. The van der Waals surface area contributed by atoms with Gasteiger partial charge in [-0.2, -0.15) is 5.26 Å². The zero-order valence-electron chi connectivity index (χ0n) is 22.8. The van der Waals surface area contributed by atoms with Crippen LogP contribution >= 0.6 is 0 Å². The first-order chi connectivity index (χ1) is 19.0. The van der Waals surface area contributed by atoms with Gasteiger partial charge in [-0.1, -0.05) is 44.2 Å². The third kappa shape index (κ3) is 4.38. The highest BCUT2D eigenvalue weighted by Crippen LogP contribution is 2.49. The molecule has 0 bridgehead atoms. The summed E-state index contributed by atoms with van der Waals surface area (Å²) in [5.74, 6) is -1.79. The van der Waals surface area contributed by atoms with Crippen molar-refractivity contribution in [3.8, 4) is 6.07 Å². The summed E-state index contributed by atoms with van der Waals surface area (Å²) >= 11 is 0. The number of nitrogens with zero attached hydrogens (tertiary/aromatic N) is 3. The van der Waals surface area contributed by atoms with Crippen LogP contribution in [0.5, 0.6) is 0 Å². The number of amides is 2. The minimum absolute atomic E-state index is 0.228. The number of halogens is 1. The number of aliphatic hydroxyl groups is 1. The summed E-state index contributed by atoms with van der Waals surface area (Å²) in [6, 6.07) is 15.7. The molecule has 2 amide bonds. The van der Waals surface area contributed by atoms with Gasteiger partial charge in [0.05, 0.1) is 28.5 Å². The van der Waals surface area contributed by atoms with Crippen molar-refractivity contribution in [2.75, 3.05) is 13.1 Å². The van der Waals surface area contributed by atoms with E-state index in [4.69, 9.17) is 0 Å². The lowest BCUT2D eigenvalue weighted by Gasteiger charge is -2.50. The lowest BCUT2D eigenvalue weighted by molar-refractivity contribution is -0.134. The van der Waals surface area contributed by atoms with Gasteiger partial charge in [0.15, 0.2) is 0 Å². The van der Waals surface area contributed by atoms with E-state index in [0.717, 1.165) is 24.0 Å². The van der Waals surface area contributed by atoms with Crippen molar-refractivity contribution in [2.24, 2.45) is 5.41 Å². The van der Waals surface area contributed by atoms with Gasteiger partial charge in [0, 0.05) is 48.6 Å². The lowest BCUT2D eigenvalue weighted by atomic mass is 9.66. The van der Waals surface area contributed by atoms with E-state index >= 15 is 4.39 Å². The Bertz CT molecular complexity index is 1560. The van der Waals surface area contributed by atoms with Crippen molar-refractivity contribution in [3.05, 3.63) is 76.7 Å². The number of imide groups is 1. The van der Waals surface area contributed by atoms with Gasteiger partial charge in [0.1, 0.15) is 5.82 Å². The standard InChI is InChI=1S/C32H33FN4O3/c1-30(2)19-37(17-20-3-5-22(6-4-20)31(18-34)11-12-31)14-13-32(30,40)25-8-9-26-24(28(25)33)15-21(16-35-26)23-7-10-27(38)36-29(23)39/h3-6,8-9,15-16,23,40H,7,10-14,17,19H2,1-2H3,(H,36,38,39). The first-order valence-electron chi connectivity index (χ1n) is 13.9. The molecule has 1 aliphatic carbocycles. The lowest BCUT2D eigenvalue weighted by Crippen LogP contribution is -2.55. The number of nitrogens with one attached hydrogen (secondary N) is 1. The maximum Gasteiger partial charge on any atom is 0.234 e. The van der Waals surface area contributed by atoms with Crippen LogP contribution in [0.1, 0.15) is 74.1 Å². The number of likely N-dealkylation sites (tertiary alicyclic amines) is 1. The van der Waals surface area contributed by atoms with Gasteiger partial charge in [-0.25, -0.2) is 4.39 Å². The first-order valence-corrected chi connectivity index (χ1v) is 13.9. The Kier molecular flexibility index (Phi) is 6.28. The molecule has 2 unspecified atom stereocenters. The molecule has 0 radical (unpaired) electrons. The van der Waals surface area contributed by atoms with Crippen molar-refractivity contribution in [1.29, 1.82) is 5.26 Å². The largest absolute Gasteiger partial charge is 0.384 e. The topological polar surface area (TPSA) is 106 Å². The Labute approximate surface area is 233 Å². The first kappa shape index (κ1) is 26.5. The number of carbonyl (C=O) groups excluding carboxylic acids is 2. The fraction of sp³-hybridized carbons (Fsp3) is 0.438. The van der Waals surface area contributed by atoms with E-state index in [1.807, 2.05) is 13.8 Å². The second kappa shape index (κ2) is 9.46. The van der Waals surface area contributed by atoms with Crippen LogP contribution in [0.4, 0.5) is 4.39 Å². The molecule has 3 aromatic rings. The fourth-order valence-electron chi connectivity index (χ4n) is 6.54. The van der Waals surface area contributed by atoms with E-state index in [1.54, 1.807) is 24.4 Å². The van der Waals surface area contributed by atoms with Crippen LogP contribution in [-0.4, -0.2) is 39.9 Å². The number of piperidine rings is 2. The molecule has 8 heteroatoms. The summed E-state index contributed by atoms with van der Waals surface area (Å²) in [6.07, 6.45) is 4.34. The van der Waals surface area contributed by atoms with Crippen LogP contribution in [0, 0.1) is 22.6 Å². The Morgan fingerprint density at radius 1 is 1.15 bits per heavy atom. The van der Waals surface area contributed by atoms with Crippen molar-refractivity contribution in [1.82, 2.24) is 15.2 Å². The highest BCUT2D eigenvalue weighted by molar-refractivity contribution is 6.01. The van der Waals surface area contributed by atoms with Gasteiger partial charge in [-0.3, -0.25) is 24.8 Å². The van der Waals surface area contributed by atoms with Gasteiger partial charge in [-0.15, -0.1) is 0 Å². The molecular formula is C32H33FN4O3. The Balaban J connectivity index is 1.23. The average molecular weight is 541 g/mol. The third-order valence-corrected chi connectivity index (χ3v) is 9.31. The monoisotopic (exact) mass is 540 g/mol. The molecule has 3 heterocycles. The molecule has 7 nitrogen and oxygen atoms in total. The summed E-state index contributed by atoms with van der Waals surface area (Å²) < 4.78 is 16.2. The molecule has 1 aromatic heterocycles. The van der Waals surface area contributed by atoms with Crippen LogP contribution in [0.15, 0.2) is 48.7 Å². The predicted octanol–water partition coefficient (Wildman–Crippen LogP) is 4.57. The van der Waals surface area contributed by atoms with Gasteiger partial charge in [0.25, 0.3) is 0 Å². The van der Waals surface area contributed by atoms with Gasteiger partial charge >= 0.3 is 0 Å². The maximum absolute atomic E-state index is 16.2. The molecule has 40 heavy (non-hydrogen) atoms. The van der Waals surface area contributed by atoms with Crippen molar-refractivity contribution in [2.45, 2.75) is 69.4 Å². The number of pyridine rings is 1. The number of rotatable bonds is 5. The molecule has 2 atom stereocenters. The van der Waals surface area contributed by atoms with E-state index in [9.17, 15) is 20.0 Å². The van der Waals surface area contributed by atoms with Gasteiger partial charge in [-0.05, 0) is 54.5 Å². The molecule has 2 N–H and O–H groups in total. The summed E-state index contributed by atoms with van der Waals surface area (Å²) in [4.78, 5) is 30.6. The van der Waals surface area contributed by atoms with E-state index in [1.165, 1.54) is 0 Å². The number of aromatic nitrogens is 1. The Morgan fingerprint density at radius 3 is 2.55 bits per heavy atom. The van der Waals surface area contributed by atoms with Gasteiger partial charge in [0.2, 0.25) is 11.8 Å². The molecule has 2 saturated heterocycles. The molecular weight excluding hydrogens is 507 g/mol. The molecule has 2 aromatic carbocycles. The molecule has 3 aliphatic rings. The number of carbonyl (C=O) groups is 2. The van der Waals surface area contributed by atoms with Crippen LogP contribution in [0.2, 0.25) is 0 Å². The fourth-order valence-corrected chi connectivity index (χ4v) is 6.54. The number of fused-ring (bicyclic) bond motifs is 1. The highest BCUT2D eigenvalue weighted by atomic mass is 19.1. The summed E-state index contributed by atoms with van der Waals surface area (Å²) in [7, 11) is 0. The van der Waals surface area contributed by atoms with Gasteiger partial charge < -0.3 is 5.11 Å². The molecule has 6 rings (SSSR count). The Morgan fingerprint density at radius 2 is 1.90 bits per heavy atom. The van der Waals surface area contributed by atoms with E-state index in [2.05, 4.69) is 45.5 Å². The van der Waals surface area contributed by atoms with E-state index in [-0.39, 0.29) is 28.7 Å². The number of hydrogen-bond donors (Lipinski definition) is 2. The number of hydrogen-bond acceptors (Lipinski definition) is 6. The third-order valence-electron chi connectivity index (χ3n) is 9.31. The zero-order valence-corrected chi connectivity index (χ0v) is 22.8. The molecule has 2 aliphatic heterocycles. The second-order valence-electron chi connectivity index (χ2n) is 12.4. The van der Waals surface area contributed by atoms with Crippen LogP contribution < -0.4 is 5.32 Å². The molecule has 0 spiro atoms. The SMILES string of the molecule is CC1(C)CN(Cc2ccc(C3(C#N)CC3)cc2)CCC1(O)c1ccc2ncc(C3CCC(=O)NC3=O)cc2c1F. The van der Waals surface area contributed by atoms with Crippen LogP contribution in [0.3, 0.4) is 0 Å². The summed E-state index contributed by atoms with van der Waals surface area (Å²) in [5, 5.41) is 24.1. The van der Waals surface area contributed by atoms with Crippen molar-refractivity contribution >= 4 is 22.7 Å². The summed E-state index contributed by atoms with van der Waals surface area (Å²) in [5.41, 5.74) is 1.10. The van der Waals surface area contributed by atoms with Crippen LogP contribution in [-0.2, 0) is 27.1 Å². The minimum Gasteiger partial charge on any atom is -0.384 e. The van der Waals surface area contributed by atoms with Crippen molar-refractivity contribution in [3.63, 3.8) is 0 Å². The molecule has 3 fully saturated rings. The maximum atomic E-state index is 16.2. The average Bonchev–Trinajstić information content (AvgIpc) is 3.73. The Hall–Kier alpha value is -3.67. The number of nitriles is 1. The normalized spacial score (nSPS) is 25.8. The second-order valence-corrected chi connectivity index (χ2v) is 12.4. The van der Waals surface area contributed by atoms with E-state index in [0.29, 0.717) is 43.6 Å². The molecule has 1 saturated carbocycles. The number of benzene rings is 2. The van der Waals surface area contributed by atoms with E-state index < -0.39 is 28.7 Å². The molecule has 206 valence electrons. The van der Waals surface area contributed by atoms with Crippen molar-refractivity contribution < 1.29 is 19.1 Å². The smallest absolute Gasteiger partial charge is 0.234 e. The highest BCUT2D eigenvalue weighted by Gasteiger charge is 2.50. The van der Waals surface area contributed by atoms with Crippen LogP contribution in [0.25, 0.3) is 10.9 Å². The zero-order chi connectivity index (χ0) is 28.3. The minimum atomic E-state index is -1.40. The summed E-state index contributed by atoms with van der Waals surface area (Å²) in [6.45, 7) is 5.80. The predicted molar refractivity (Wildman–Crippen MR) is 147 cm³/mol.